The maximum absolute atomic E-state index is 12.7. The molecule has 0 aliphatic heterocycles. The van der Waals surface area contributed by atoms with Crippen molar-refractivity contribution in [1.29, 1.82) is 0 Å². The van der Waals surface area contributed by atoms with Gasteiger partial charge in [-0.1, -0.05) is 56.8 Å². The minimum atomic E-state index is -0.452. The number of nitrogens with one attached hydrogen (secondary N) is 1. The lowest BCUT2D eigenvalue weighted by atomic mass is 9.87. The fourth-order valence-corrected chi connectivity index (χ4v) is 4.51. The number of hydrogen-bond donors (Lipinski definition) is 1. The summed E-state index contributed by atoms with van der Waals surface area (Å²) in [5.74, 6) is 0.556. The summed E-state index contributed by atoms with van der Waals surface area (Å²) in [6.07, 6.45) is 0. The van der Waals surface area contributed by atoms with E-state index in [1.165, 1.54) is 29.5 Å². The van der Waals surface area contributed by atoms with E-state index < -0.39 is 4.92 Å². The normalized spacial score (nSPS) is 11.4. The Morgan fingerprint density at radius 1 is 1.11 bits per heavy atom. The van der Waals surface area contributed by atoms with Crippen LogP contribution >= 0.6 is 11.8 Å². The fraction of sp³-hybridized carbons (Fsp3) is 0.231. The number of nitrogens with zero attached hydrogens (tertiary/aromatic N) is 3. The number of nitro groups is 1. The summed E-state index contributed by atoms with van der Waals surface area (Å²) < 4.78 is 7.38. The first-order valence-electron chi connectivity index (χ1n) is 11.0. The molecule has 0 atom stereocenters. The summed E-state index contributed by atoms with van der Waals surface area (Å²) >= 11 is 1.25. The van der Waals surface area contributed by atoms with E-state index in [1.54, 1.807) is 13.2 Å². The Bertz CT molecular complexity index is 1390. The molecule has 4 aromatic rings. The Morgan fingerprint density at radius 2 is 1.83 bits per heavy atom. The molecule has 3 aromatic carbocycles. The van der Waals surface area contributed by atoms with E-state index in [9.17, 15) is 14.9 Å². The highest BCUT2D eigenvalue weighted by atomic mass is 32.2. The first kappa shape index (κ1) is 24.3. The number of imidazole rings is 1. The maximum Gasteiger partial charge on any atom is 0.271 e. The SMILES string of the molecule is COc1ccccc1-n1c(SCC(=O)Nc2ccc(C(C)(C)C)cc2)nc2cc([N+](=O)[O-])ccc21. The number of fused-ring (bicyclic) bond motifs is 1. The van der Waals surface area contributed by atoms with Crippen LogP contribution in [-0.2, 0) is 10.2 Å². The van der Waals surface area contributed by atoms with Crippen LogP contribution in [0.5, 0.6) is 5.75 Å². The number of para-hydroxylation sites is 2. The molecule has 180 valence electrons. The fourth-order valence-electron chi connectivity index (χ4n) is 3.68. The Balaban J connectivity index is 1.61. The van der Waals surface area contributed by atoms with Crippen molar-refractivity contribution in [2.75, 3.05) is 18.2 Å². The van der Waals surface area contributed by atoms with E-state index in [1.807, 2.05) is 53.1 Å². The van der Waals surface area contributed by atoms with Gasteiger partial charge in [-0.2, -0.15) is 0 Å². The molecule has 0 bridgehead atoms. The van der Waals surface area contributed by atoms with Gasteiger partial charge in [-0.25, -0.2) is 4.98 Å². The summed E-state index contributed by atoms with van der Waals surface area (Å²) in [6.45, 7) is 6.42. The van der Waals surface area contributed by atoms with Crippen LogP contribution in [0.1, 0.15) is 26.3 Å². The van der Waals surface area contributed by atoms with Crippen molar-refractivity contribution in [1.82, 2.24) is 9.55 Å². The van der Waals surface area contributed by atoms with Crippen LogP contribution in [0.3, 0.4) is 0 Å². The highest BCUT2D eigenvalue weighted by Gasteiger charge is 2.20. The van der Waals surface area contributed by atoms with Gasteiger partial charge in [0.05, 0.1) is 34.5 Å². The van der Waals surface area contributed by atoms with Crippen molar-refractivity contribution < 1.29 is 14.5 Å². The van der Waals surface area contributed by atoms with Crippen LogP contribution in [0, 0.1) is 10.1 Å². The number of thioether (sulfide) groups is 1. The molecule has 1 N–H and O–H groups in total. The van der Waals surface area contributed by atoms with Gasteiger partial charge < -0.3 is 10.1 Å². The lowest BCUT2D eigenvalue weighted by molar-refractivity contribution is -0.384. The molecule has 0 saturated carbocycles. The van der Waals surface area contributed by atoms with Crippen LogP contribution < -0.4 is 10.1 Å². The van der Waals surface area contributed by atoms with Gasteiger partial charge in [-0.05, 0) is 41.3 Å². The third kappa shape index (κ3) is 5.30. The molecular formula is C26H26N4O4S. The third-order valence-electron chi connectivity index (χ3n) is 5.51. The molecule has 1 heterocycles. The second-order valence-corrected chi connectivity index (χ2v) is 9.94. The van der Waals surface area contributed by atoms with Crippen LogP contribution in [0.4, 0.5) is 11.4 Å². The molecule has 0 saturated heterocycles. The average molecular weight is 491 g/mol. The molecule has 0 unspecified atom stereocenters. The van der Waals surface area contributed by atoms with Crippen LogP contribution in [-0.4, -0.2) is 33.2 Å². The zero-order chi connectivity index (χ0) is 25.2. The number of ether oxygens (including phenoxy) is 1. The number of aromatic nitrogens is 2. The number of hydrogen-bond acceptors (Lipinski definition) is 6. The molecule has 0 radical (unpaired) electrons. The number of anilines is 1. The summed E-state index contributed by atoms with van der Waals surface area (Å²) in [4.78, 5) is 28.1. The standard InChI is InChI=1S/C26H26N4O4S/c1-26(2,3)17-9-11-18(12-10-17)27-24(31)16-35-25-28-20-15-19(30(32)33)13-14-21(20)29(25)22-7-5-6-8-23(22)34-4/h5-15H,16H2,1-4H3,(H,27,31). The number of nitro benzene ring substituents is 1. The first-order chi connectivity index (χ1) is 16.7. The molecule has 0 spiro atoms. The Labute approximate surface area is 207 Å². The van der Waals surface area contributed by atoms with E-state index in [0.29, 0.717) is 21.9 Å². The summed E-state index contributed by atoms with van der Waals surface area (Å²) in [5, 5.41) is 14.7. The van der Waals surface area contributed by atoms with Crippen LogP contribution in [0.15, 0.2) is 71.9 Å². The van der Waals surface area contributed by atoms with E-state index in [2.05, 4.69) is 31.1 Å². The molecule has 0 fully saturated rings. The topological polar surface area (TPSA) is 99.3 Å². The smallest absolute Gasteiger partial charge is 0.271 e. The van der Waals surface area contributed by atoms with Gasteiger partial charge in [0.2, 0.25) is 5.91 Å². The highest BCUT2D eigenvalue weighted by molar-refractivity contribution is 7.99. The number of methoxy groups -OCH3 is 1. The summed E-state index contributed by atoms with van der Waals surface area (Å²) in [7, 11) is 1.58. The van der Waals surface area contributed by atoms with Crippen molar-refractivity contribution in [3.63, 3.8) is 0 Å². The molecular weight excluding hydrogens is 464 g/mol. The number of amides is 1. The van der Waals surface area contributed by atoms with Gasteiger partial charge in [-0.15, -0.1) is 0 Å². The van der Waals surface area contributed by atoms with Crippen molar-refractivity contribution in [2.45, 2.75) is 31.3 Å². The largest absolute Gasteiger partial charge is 0.495 e. The van der Waals surface area contributed by atoms with Gasteiger partial charge in [0.1, 0.15) is 5.75 Å². The second-order valence-electron chi connectivity index (χ2n) is 9.00. The minimum Gasteiger partial charge on any atom is -0.495 e. The molecule has 8 nitrogen and oxygen atoms in total. The molecule has 1 amide bonds. The highest BCUT2D eigenvalue weighted by Crippen LogP contribution is 2.34. The average Bonchev–Trinajstić information content (AvgIpc) is 3.19. The van der Waals surface area contributed by atoms with Gasteiger partial charge in [-0.3, -0.25) is 19.5 Å². The second kappa shape index (κ2) is 9.79. The van der Waals surface area contributed by atoms with E-state index in [0.717, 1.165) is 11.4 Å². The predicted molar refractivity (Wildman–Crippen MR) is 139 cm³/mol. The van der Waals surface area contributed by atoms with Gasteiger partial charge in [0.15, 0.2) is 5.16 Å². The Hall–Kier alpha value is -3.85. The lowest BCUT2D eigenvalue weighted by Crippen LogP contribution is -2.15. The van der Waals surface area contributed by atoms with E-state index in [4.69, 9.17) is 4.74 Å². The molecule has 35 heavy (non-hydrogen) atoms. The maximum atomic E-state index is 12.7. The third-order valence-corrected chi connectivity index (χ3v) is 6.45. The van der Waals surface area contributed by atoms with Crippen molar-refractivity contribution in [3.05, 3.63) is 82.4 Å². The number of carbonyl (C=O) groups excluding carboxylic acids is 1. The van der Waals surface area contributed by atoms with E-state index >= 15 is 0 Å². The van der Waals surface area contributed by atoms with Gasteiger partial charge in [0, 0.05) is 17.8 Å². The predicted octanol–water partition coefficient (Wildman–Crippen LogP) is 5.97. The lowest BCUT2D eigenvalue weighted by Gasteiger charge is -2.19. The van der Waals surface area contributed by atoms with Crippen molar-refractivity contribution in [2.24, 2.45) is 0 Å². The number of non-ortho nitro benzene ring substituents is 1. The van der Waals surface area contributed by atoms with Crippen molar-refractivity contribution in [3.8, 4) is 11.4 Å². The quantitative estimate of drug-likeness (QED) is 0.195. The van der Waals surface area contributed by atoms with Gasteiger partial charge >= 0.3 is 0 Å². The first-order valence-corrected chi connectivity index (χ1v) is 12.0. The molecule has 0 aliphatic rings. The number of benzene rings is 3. The van der Waals surface area contributed by atoms with Crippen LogP contribution in [0.25, 0.3) is 16.7 Å². The monoisotopic (exact) mass is 490 g/mol. The summed E-state index contributed by atoms with van der Waals surface area (Å²) in [6, 6.07) is 19.8. The molecule has 4 rings (SSSR count). The number of carbonyl (C=O) groups is 1. The zero-order valence-corrected chi connectivity index (χ0v) is 20.8. The molecule has 0 aliphatic carbocycles. The zero-order valence-electron chi connectivity index (χ0n) is 19.9. The summed E-state index contributed by atoms with van der Waals surface area (Å²) in [5.41, 5.74) is 3.76. The van der Waals surface area contributed by atoms with Crippen LogP contribution in [0.2, 0.25) is 0 Å². The van der Waals surface area contributed by atoms with Gasteiger partial charge in [0.25, 0.3) is 5.69 Å². The Morgan fingerprint density at radius 3 is 2.49 bits per heavy atom. The van der Waals surface area contributed by atoms with Crippen molar-refractivity contribution >= 4 is 40.1 Å². The van der Waals surface area contributed by atoms with E-state index in [-0.39, 0.29) is 22.8 Å². The molecule has 1 aromatic heterocycles. The Kier molecular flexibility index (Phi) is 6.79. The number of rotatable bonds is 7. The minimum absolute atomic E-state index is 0.0328. The molecule has 9 heteroatoms.